The zero-order valence-corrected chi connectivity index (χ0v) is 9.57. The molecule has 0 atom stereocenters. The molecule has 0 fully saturated rings. The lowest BCUT2D eigenvalue weighted by atomic mass is 10.0. The number of aromatic amines is 1. The smallest absolute Gasteiger partial charge is 0.115 e. The van der Waals surface area contributed by atoms with Gasteiger partial charge in [-0.05, 0) is 47.7 Å². The molecule has 3 aromatic rings. The van der Waals surface area contributed by atoms with Gasteiger partial charge in [-0.2, -0.15) is 0 Å². The van der Waals surface area contributed by atoms with Crippen LogP contribution >= 0.6 is 0 Å². The summed E-state index contributed by atoms with van der Waals surface area (Å²) in [7, 11) is 0. The highest BCUT2D eigenvalue weighted by molar-refractivity contribution is 5.85. The van der Waals surface area contributed by atoms with E-state index in [1.54, 1.807) is 12.1 Å². The van der Waals surface area contributed by atoms with Gasteiger partial charge < -0.3 is 10.1 Å². The van der Waals surface area contributed by atoms with E-state index in [0.717, 1.165) is 16.6 Å². The van der Waals surface area contributed by atoms with Crippen LogP contribution in [-0.4, -0.2) is 10.1 Å². The minimum Gasteiger partial charge on any atom is -0.508 e. The summed E-state index contributed by atoms with van der Waals surface area (Å²) in [6.07, 6.45) is 0. The van der Waals surface area contributed by atoms with E-state index in [9.17, 15) is 5.11 Å². The van der Waals surface area contributed by atoms with E-state index in [2.05, 4.69) is 36.2 Å². The number of nitrogens with one attached hydrogen (secondary N) is 1. The molecule has 0 saturated heterocycles. The van der Waals surface area contributed by atoms with E-state index < -0.39 is 0 Å². The summed E-state index contributed by atoms with van der Waals surface area (Å²) in [4.78, 5) is 3.33. The molecule has 0 aliphatic rings. The van der Waals surface area contributed by atoms with E-state index in [1.165, 1.54) is 11.1 Å². The third-order valence-electron chi connectivity index (χ3n) is 2.96. The molecule has 0 saturated carbocycles. The first-order valence-corrected chi connectivity index (χ1v) is 5.61. The lowest BCUT2D eigenvalue weighted by Gasteiger charge is -2.02. The highest BCUT2D eigenvalue weighted by Gasteiger charge is 2.01. The fraction of sp³-hybridized carbons (Fsp3) is 0.0667. The maximum atomic E-state index is 9.27. The number of aromatic hydroxyl groups is 1. The van der Waals surface area contributed by atoms with Gasteiger partial charge in [0.2, 0.25) is 0 Å². The third-order valence-corrected chi connectivity index (χ3v) is 2.96. The average molecular weight is 223 g/mol. The van der Waals surface area contributed by atoms with Crippen LogP contribution in [0.25, 0.3) is 22.0 Å². The van der Waals surface area contributed by atoms with Crippen LogP contribution < -0.4 is 0 Å². The lowest BCUT2D eigenvalue weighted by molar-refractivity contribution is 0.475. The zero-order chi connectivity index (χ0) is 11.8. The Balaban J connectivity index is 2.13. The van der Waals surface area contributed by atoms with E-state index >= 15 is 0 Å². The Morgan fingerprint density at radius 3 is 2.35 bits per heavy atom. The molecule has 2 aromatic carbocycles. The van der Waals surface area contributed by atoms with Crippen molar-refractivity contribution in [2.24, 2.45) is 0 Å². The number of fused-ring (bicyclic) bond motifs is 1. The summed E-state index contributed by atoms with van der Waals surface area (Å²) >= 11 is 0. The lowest BCUT2D eigenvalue weighted by Crippen LogP contribution is -1.77. The molecular formula is C15H13NO. The van der Waals surface area contributed by atoms with Gasteiger partial charge in [-0.1, -0.05) is 24.3 Å². The van der Waals surface area contributed by atoms with Gasteiger partial charge in [-0.25, -0.2) is 0 Å². The van der Waals surface area contributed by atoms with Gasteiger partial charge in [0.05, 0.1) is 0 Å². The minimum absolute atomic E-state index is 0.297. The van der Waals surface area contributed by atoms with Gasteiger partial charge in [0.15, 0.2) is 0 Å². The molecule has 1 aromatic heterocycles. The molecule has 0 spiro atoms. The number of rotatable bonds is 1. The number of hydrogen-bond donors (Lipinski definition) is 2. The first-order valence-electron chi connectivity index (χ1n) is 5.61. The number of aryl methyl sites for hydroxylation is 1. The Kier molecular flexibility index (Phi) is 2.15. The molecule has 0 aliphatic heterocycles. The maximum Gasteiger partial charge on any atom is 0.115 e. The topological polar surface area (TPSA) is 36.0 Å². The predicted octanol–water partition coefficient (Wildman–Crippen LogP) is 3.85. The average Bonchev–Trinajstić information content (AvgIpc) is 2.69. The maximum absolute atomic E-state index is 9.27. The monoisotopic (exact) mass is 223 g/mol. The number of hydrogen-bond acceptors (Lipinski definition) is 1. The molecule has 2 nitrogen and oxygen atoms in total. The van der Waals surface area contributed by atoms with Crippen molar-refractivity contribution in [2.75, 3.05) is 0 Å². The van der Waals surface area contributed by atoms with Crippen LogP contribution in [-0.2, 0) is 0 Å². The Morgan fingerprint density at radius 1 is 0.882 bits per heavy atom. The van der Waals surface area contributed by atoms with Crippen LogP contribution in [0.5, 0.6) is 5.75 Å². The van der Waals surface area contributed by atoms with Crippen molar-refractivity contribution in [1.29, 1.82) is 0 Å². The van der Waals surface area contributed by atoms with Crippen LogP contribution in [0.1, 0.15) is 5.69 Å². The van der Waals surface area contributed by atoms with Crippen molar-refractivity contribution < 1.29 is 5.11 Å². The van der Waals surface area contributed by atoms with Crippen molar-refractivity contribution in [3.05, 3.63) is 54.2 Å². The van der Waals surface area contributed by atoms with E-state index in [-0.39, 0.29) is 0 Å². The molecule has 3 rings (SSSR count). The fourth-order valence-corrected chi connectivity index (χ4v) is 2.11. The van der Waals surface area contributed by atoms with Gasteiger partial charge in [0.25, 0.3) is 0 Å². The Labute approximate surface area is 99.5 Å². The number of benzene rings is 2. The zero-order valence-electron chi connectivity index (χ0n) is 9.57. The fourth-order valence-electron chi connectivity index (χ4n) is 2.11. The molecule has 2 N–H and O–H groups in total. The number of phenols is 1. The third kappa shape index (κ3) is 1.78. The molecule has 0 radical (unpaired) electrons. The second-order valence-electron chi connectivity index (χ2n) is 4.30. The van der Waals surface area contributed by atoms with Gasteiger partial charge in [0.1, 0.15) is 5.75 Å². The minimum atomic E-state index is 0.297. The Hall–Kier alpha value is -2.22. The van der Waals surface area contributed by atoms with Gasteiger partial charge in [0, 0.05) is 11.2 Å². The molecule has 2 heteroatoms. The molecule has 0 unspecified atom stereocenters. The molecule has 84 valence electrons. The number of H-pyrrole nitrogens is 1. The highest BCUT2D eigenvalue weighted by Crippen LogP contribution is 2.25. The molecule has 17 heavy (non-hydrogen) atoms. The van der Waals surface area contributed by atoms with Crippen molar-refractivity contribution in [3.8, 4) is 16.9 Å². The summed E-state index contributed by atoms with van der Waals surface area (Å²) in [6, 6.07) is 15.7. The SMILES string of the molecule is Cc1cc2ccc(-c3ccc(O)cc3)cc2[nH]1. The molecular weight excluding hydrogens is 210 g/mol. The van der Waals surface area contributed by atoms with Crippen LogP contribution in [0.4, 0.5) is 0 Å². The van der Waals surface area contributed by atoms with E-state index in [0.29, 0.717) is 5.75 Å². The molecule has 0 amide bonds. The normalized spacial score (nSPS) is 10.9. The van der Waals surface area contributed by atoms with Crippen molar-refractivity contribution >= 4 is 10.9 Å². The summed E-state index contributed by atoms with van der Waals surface area (Å²) in [5, 5.41) is 10.5. The number of aromatic nitrogens is 1. The van der Waals surface area contributed by atoms with Crippen LogP contribution in [0.2, 0.25) is 0 Å². The summed E-state index contributed by atoms with van der Waals surface area (Å²) in [5.41, 5.74) is 4.58. The van der Waals surface area contributed by atoms with Crippen molar-refractivity contribution in [3.63, 3.8) is 0 Å². The first kappa shape index (κ1) is 9.97. The predicted molar refractivity (Wildman–Crippen MR) is 70.1 cm³/mol. The molecule has 0 bridgehead atoms. The number of phenolic OH excluding ortho intramolecular Hbond substituents is 1. The van der Waals surface area contributed by atoms with Gasteiger partial charge >= 0.3 is 0 Å². The summed E-state index contributed by atoms with van der Waals surface area (Å²) in [6.45, 7) is 2.06. The standard InChI is InChI=1S/C15H13NO/c1-10-8-13-3-2-12(9-15(13)16-10)11-4-6-14(17)7-5-11/h2-9,16-17H,1H3. The largest absolute Gasteiger partial charge is 0.508 e. The Morgan fingerprint density at radius 2 is 1.59 bits per heavy atom. The molecule has 1 heterocycles. The second-order valence-corrected chi connectivity index (χ2v) is 4.30. The van der Waals surface area contributed by atoms with Crippen LogP contribution in [0, 0.1) is 6.92 Å². The van der Waals surface area contributed by atoms with Gasteiger partial charge in [-0.3, -0.25) is 0 Å². The Bertz CT molecular complexity index is 665. The highest BCUT2D eigenvalue weighted by atomic mass is 16.3. The van der Waals surface area contributed by atoms with E-state index in [4.69, 9.17) is 0 Å². The van der Waals surface area contributed by atoms with E-state index in [1.807, 2.05) is 12.1 Å². The molecule has 0 aliphatic carbocycles. The van der Waals surface area contributed by atoms with Gasteiger partial charge in [-0.15, -0.1) is 0 Å². The summed E-state index contributed by atoms with van der Waals surface area (Å²) in [5.74, 6) is 0.297. The van der Waals surface area contributed by atoms with Crippen molar-refractivity contribution in [1.82, 2.24) is 4.98 Å². The van der Waals surface area contributed by atoms with Crippen LogP contribution in [0.15, 0.2) is 48.5 Å². The quantitative estimate of drug-likeness (QED) is 0.645. The first-order chi connectivity index (χ1) is 8.22. The van der Waals surface area contributed by atoms with Crippen LogP contribution in [0.3, 0.4) is 0 Å². The van der Waals surface area contributed by atoms with Crippen molar-refractivity contribution in [2.45, 2.75) is 6.92 Å². The summed E-state index contributed by atoms with van der Waals surface area (Å²) < 4.78 is 0. The second kappa shape index (κ2) is 3.67.